The molecule has 0 aliphatic rings. The number of halogens is 2. The number of rotatable bonds is 6. The number of hydrogen-bond acceptors (Lipinski definition) is 2. The summed E-state index contributed by atoms with van der Waals surface area (Å²) in [4.78, 5) is 13.1. The molecule has 1 atom stereocenters. The topological polar surface area (TPSA) is 29.5 Å². The summed E-state index contributed by atoms with van der Waals surface area (Å²) in [5, 5.41) is 0.249. The Kier molecular flexibility index (Phi) is 6.46. The Bertz CT molecular complexity index is 435. The quantitative estimate of drug-likeness (QED) is 0.594. The molecule has 106 valence electrons. The normalized spacial score (nSPS) is 12.1. The zero-order valence-corrected chi connectivity index (χ0v) is 13.0. The third kappa shape index (κ3) is 5.29. The number of alkyl halides is 1. The predicted molar refractivity (Wildman–Crippen MR) is 79.3 cm³/mol. The molecular weight excluding hydrogens is 285 g/mol. The van der Waals surface area contributed by atoms with Gasteiger partial charge < -0.3 is 9.64 Å². The fourth-order valence-corrected chi connectivity index (χ4v) is 1.90. The molecule has 0 aliphatic carbocycles. The van der Waals surface area contributed by atoms with Crippen molar-refractivity contribution in [3.05, 3.63) is 28.8 Å². The number of aryl methyl sites for hydroxylation is 1. The van der Waals surface area contributed by atoms with Crippen molar-refractivity contribution in [2.75, 3.05) is 20.2 Å². The Labute approximate surface area is 124 Å². The first kappa shape index (κ1) is 16.1. The summed E-state index contributed by atoms with van der Waals surface area (Å²) in [6, 6.07) is 5.56. The van der Waals surface area contributed by atoms with Crippen LogP contribution in [0.5, 0.6) is 5.75 Å². The van der Waals surface area contributed by atoms with Crippen molar-refractivity contribution in [3.63, 3.8) is 0 Å². The van der Waals surface area contributed by atoms with Gasteiger partial charge in [-0.05, 0) is 44.0 Å². The lowest BCUT2D eigenvalue weighted by Crippen LogP contribution is -2.33. The molecule has 0 radical (unpaired) electrons. The minimum atomic E-state index is -0.482. The van der Waals surface area contributed by atoms with Crippen LogP contribution in [0.15, 0.2) is 18.2 Å². The van der Waals surface area contributed by atoms with E-state index in [1.807, 2.05) is 25.1 Å². The predicted octanol–water partition coefficient (Wildman–Crippen LogP) is 3.50. The molecule has 0 saturated carbocycles. The molecule has 1 amide bonds. The third-order valence-corrected chi connectivity index (χ3v) is 3.36. The third-order valence-electron chi connectivity index (χ3n) is 2.75. The van der Waals surface area contributed by atoms with Crippen LogP contribution in [0.2, 0.25) is 5.02 Å². The molecule has 0 heterocycles. The molecular formula is C14H19Cl2NO2. The van der Waals surface area contributed by atoms with E-state index in [0.717, 1.165) is 22.8 Å². The Morgan fingerprint density at radius 2 is 2.16 bits per heavy atom. The van der Waals surface area contributed by atoms with Crippen LogP contribution in [0.4, 0.5) is 0 Å². The summed E-state index contributed by atoms with van der Waals surface area (Å²) in [7, 11) is 1.74. The molecule has 0 fully saturated rings. The fraction of sp³-hybridized carbons (Fsp3) is 0.500. The smallest absolute Gasteiger partial charge is 0.240 e. The fourth-order valence-electron chi connectivity index (χ4n) is 1.61. The van der Waals surface area contributed by atoms with Crippen molar-refractivity contribution >= 4 is 29.1 Å². The molecule has 1 aromatic rings. The number of nitrogens with zero attached hydrogens (tertiary/aromatic N) is 1. The first-order valence-electron chi connectivity index (χ1n) is 6.20. The lowest BCUT2D eigenvalue weighted by atomic mass is 10.2. The van der Waals surface area contributed by atoms with Gasteiger partial charge in [-0.15, -0.1) is 11.6 Å². The molecule has 0 bridgehead atoms. The number of carbonyl (C=O) groups excluding carboxylic acids is 1. The van der Waals surface area contributed by atoms with E-state index < -0.39 is 5.38 Å². The van der Waals surface area contributed by atoms with Crippen LogP contribution in [0, 0.1) is 6.92 Å². The van der Waals surface area contributed by atoms with Gasteiger partial charge in [-0.1, -0.05) is 11.6 Å². The van der Waals surface area contributed by atoms with Crippen LogP contribution in [0.25, 0.3) is 0 Å². The maximum Gasteiger partial charge on any atom is 0.240 e. The van der Waals surface area contributed by atoms with Crippen LogP contribution in [0.1, 0.15) is 18.9 Å². The minimum absolute atomic E-state index is 0.0657. The molecule has 5 heteroatoms. The van der Waals surface area contributed by atoms with Gasteiger partial charge in [0.1, 0.15) is 11.1 Å². The summed E-state index contributed by atoms with van der Waals surface area (Å²) in [5.74, 6) is 0.727. The largest absolute Gasteiger partial charge is 0.494 e. The van der Waals surface area contributed by atoms with Crippen LogP contribution < -0.4 is 4.74 Å². The van der Waals surface area contributed by atoms with Gasteiger partial charge in [0.25, 0.3) is 0 Å². The van der Waals surface area contributed by atoms with E-state index in [4.69, 9.17) is 27.9 Å². The van der Waals surface area contributed by atoms with Crippen LogP contribution in [0.3, 0.4) is 0 Å². The number of ether oxygens (including phenoxy) is 1. The van der Waals surface area contributed by atoms with Crippen molar-refractivity contribution in [3.8, 4) is 5.75 Å². The van der Waals surface area contributed by atoms with Gasteiger partial charge in [0, 0.05) is 18.6 Å². The van der Waals surface area contributed by atoms with Gasteiger partial charge in [-0.3, -0.25) is 4.79 Å². The molecule has 1 aromatic carbocycles. The van der Waals surface area contributed by atoms with Crippen molar-refractivity contribution in [2.24, 2.45) is 0 Å². The second-order valence-electron chi connectivity index (χ2n) is 4.49. The van der Waals surface area contributed by atoms with E-state index >= 15 is 0 Å². The molecule has 19 heavy (non-hydrogen) atoms. The maximum atomic E-state index is 11.5. The second-order valence-corrected chi connectivity index (χ2v) is 5.55. The van der Waals surface area contributed by atoms with Gasteiger partial charge in [0.05, 0.1) is 6.61 Å². The Balaban J connectivity index is 2.31. The van der Waals surface area contributed by atoms with Crippen molar-refractivity contribution in [1.82, 2.24) is 4.90 Å². The molecule has 1 unspecified atom stereocenters. The zero-order chi connectivity index (χ0) is 14.4. The maximum absolute atomic E-state index is 11.5. The van der Waals surface area contributed by atoms with Crippen LogP contribution >= 0.6 is 23.2 Å². The van der Waals surface area contributed by atoms with Gasteiger partial charge in [-0.2, -0.15) is 0 Å². The van der Waals surface area contributed by atoms with Gasteiger partial charge in [0.15, 0.2) is 0 Å². The van der Waals surface area contributed by atoms with Gasteiger partial charge >= 0.3 is 0 Å². The molecule has 0 aliphatic heterocycles. The lowest BCUT2D eigenvalue weighted by molar-refractivity contribution is -0.129. The Morgan fingerprint density at radius 1 is 1.47 bits per heavy atom. The van der Waals surface area contributed by atoms with E-state index in [9.17, 15) is 4.79 Å². The molecule has 0 saturated heterocycles. The Hall–Kier alpha value is -0.930. The average Bonchev–Trinajstić information content (AvgIpc) is 2.37. The summed E-state index contributed by atoms with van der Waals surface area (Å²) < 4.78 is 5.60. The highest BCUT2D eigenvalue weighted by Crippen LogP contribution is 2.21. The molecule has 3 nitrogen and oxygen atoms in total. The molecule has 0 N–H and O–H groups in total. The standard InChI is InChI=1S/C14H19Cl2NO2/c1-10-9-12(5-6-13(10)16)19-8-4-7-17(3)14(18)11(2)15/h5-6,9,11H,4,7-8H2,1-3H3. The van der Waals surface area contributed by atoms with Crippen LogP contribution in [-0.4, -0.2) is 36.4 Å². The van der Waals surface area contributed by atoms with Crippen LogP contribution in [-0.2, 0) is 4.79 Å². The van der Waals surface area contributed by atoms with E-state index in [1.165, 1.54) is 0 Å². The number of hydrogen-bond donors (Lipinski definition) is 0. The SMILES string of the molecule is Cc1cc(OCCCN(C)C(=O)C(C)Cl)ccc1Cl. The van der Waals surface area contributed by atoms with E-state index in [-0.39, 0.29) is 5.91 Å². The van der Waals surface area contributed by atoms with E-state index in [0.29, 0.717) is 13.2 Å². The Morgan fingerprint density at radius 3 is 2.74 bits per heavy atom. The highest BCUT2D eigenvalue weighted by molar-refractivity contribution is 6.31. The molecule has 0 aromatic heterocycles. The zero-order valence-electron chi connectivity index (χ0n) is 11.5. The first-order chi connectivity index (χ1) is 8.91. The summed E-state index contributed by atoms with van der Waals surface area (Å²) in [6.07, 6.45) is 0.757. The number of benzene rings is 1. The monoisotopic (exact) mass is 303 g/mol. The number of carbonyl (C=O) groups is 1. The second kappa shape index (κ2) is 7.61. The highest BCUT2D eigenvalue weighted by Gasteiger charge is 2.13. The van der Waals surface area contributed by atoms with Crippen molar-refractivity contribution < 1.29 is 9.53 Å². The summed E-state index contributed by atoms with van der Waals surface area (Å²) in [6.45, 7) is 4.79. The lowest BCUT2D eigenvalue weighted by Gasteiger charge is -2.18. The van der Waals surface area contributed by atoms with Gasteiger partial charge in [-0.25, -0.2) is 0 Å². The highest BCUT2D eigenvalue weighted by atomic mass is 35.5. The van der Waals surface area contributed by atoms with E-state index in [2.05, 4.69) is 0 Å². The van der Waals surface area contributed by atoms with Crippen molar-refractivity contribution in [1.29, 1.82) is 0 Å². The molecule has 1 rings (SSSR count). The minimum Gasteiger partial charge on any atom is -0.494 e. The van der Waals surface area contributed by atoms with Gasteiger partial charge in [0.2, 0.25) is 5.91 Å². The number of amides is 1. The summed E-state index contributed by atoms with van der Waals surface area (Å²) >= 11 is 11.7. The van der Waals surface area contributed by atoms with E-state index in [1.54, 1.807) is 18.9 Å². The average molecular weight is 304 g/mol. The van der Waals surface area contributed by atoms with Crippen molar-refractivity contribution in [2.45, 2.75) is 25.6 Å². The molecule has 0 spiro atoms. The summed E-state index contributed by atoms with van der Waals surface area (Å²) in [5.41, 5.74) is 0.988. The first-order valence-corrected chi connectivity index (χ1v) is 7.01.